The highest BCUT2D eigenvalue weighted by atomic mass is 16.5. The molecule has 3 rings (SSSR count). The first-order chi connectivity index (χ1) is 15.5. The van der Waals surface area contributed by atoms with Crippen LogP contribution in [0.5, 0.6) is 5.75 Å². The van der Waals surface area contributed by atoms with Crippen molar-refractivity contribution in [2.75, 3.05) is 27.4 Å². The first-order valence-corrected chi connectivity index (χ1v) is 10.9. The lowest BCUT2D eigenvalue weighted by Gasteiger charge is -2.30. The smallest absolute Gasteiger partial charge is 0.261 e. The molecule has 0 radical (unpaired) electrons. The first-order valence-electron chi connectivity index (χ1n) is 10.9. The van der Waals surface area contributed by atoms with E-state index in [0.29, 0.717) is 42.8 Å². The summed E-state index contributed by atoms with van der Waals surface area (Å²) in [6, 6.07) is 14.4. The Bertz CT molecular complexity index is 1110. The Morgan fingerprint density at radius 1 is 1.12 bits per heavy atom. The molecule has 0 fully saturated rings. The number of methoxy groups -OCH3 is 2. The third-order valence-corrected chi connectivity index (χ3v) is 5.63. The summed E-state index contributed by atoms with van der Waals surface area (Å²) in [5.74, 6) is 1.32. The molecule has 1 unspecified atom stereocenters. The number of carbonyl (C=O) groups is 1. The summed E-state index contributed by atoms with van der Waals surface area (Å²) in [5.41, 5.74) is 1.46. The minimum absolute atomic E-state index is 0.0242. The van der Waals surface area contributed by atoms with Crippen LogP contribution in [-0.4, -0.2) is 47.7 Å². The number of rotatable bonds is 10. The summed E-state index contributed by atoms with van der Waals surface area (Å²) >= 11 is 0. The van der Waals surface area contributed by atoms with Crippen molar-refractivity contribution in [1.82, 2.24) is 14.5 Å². The Balaban J connectivity index is 1.95. The number of amides is 1. The number of benzene rings is 2. The van der Waals surface area contributed by atoms with E-state index in [0.717, 1.165) is 11.3 Å². The summed E-state index contributed by atoms with van der Waals surface area (Å²) in [4.78, 5) is 33.0. The largest absolute Gasteiger partial charge is 0.497 e. The van der Waals surface area contributed by atoms with Crippen LogP contribution in [0.2, 0.25) is 0 Å². The minimum atomic E-state index is -0.366. The molecule has 1 aromatic heterocycles. The molecule has 0 spiro atoms. The van der Waals surface area contributed by atoms with Crippen molar-refractivity contribution < 1.29 is 14.3 Å². The van der Waals surface area contributed by atoms with Crippen LogP contribution in [-0.2, 0) is 22.5 Å². The van der Waals surface area contributed by atoms with Crippen LogP contribution in [0.4, 0.5) is 0 Å². The maximum atomic E-state index is 13.4. The van der Waals surface area contributed by atoms with E-state index in [1.165, 1.54) is 0 Å². The lowest BCUT2D eigenvalue weighted by Crippen LogP contribution is -2.39. The van der Waals surface area contributed by atoms with Gasteiger partial charge in [0.25, 0.3) is 5.56 Å². The Hall–Kier alpha value is -3.19. The highest BCUT2D eigenvalue weighted by Crippen LogP contribution is 2.22. The van der Waals surface area contributed by atoms with E-state index in [9.17, 15) is 9.59 Å². The van der Waals surface area contributed by atoms with E-state index < -0.39 is 0 Å². The van der Waals surface area contributed by atoms with Crippen molar-refractivity contribution in [3.8, 4) is 5.75 Å². The number of nitrogens with zero attached hydrogens (tertiary/aromatic N) is 3. The zero-order valence-corrected chi connectivity index (χ0v) is 19.2. The standard InChI is InChI=1S/C25H31N3O4/c1-5-27-24(26-22-10-7-6-9-21(22)25(27)30)18(2)28(15-8-16-31-3)23(29)17-19-11-13-20(32-4)14-12-19/h6-7,9-14,18H,5,8,15-17H2,1-4H3. The van der Waals surface area contributed by atoms with Crippen LogP contribution in [0.3, 0.4) is 0 Å². The molecule has 170 valence electrons. The molecule has 1 atom stereocenters. The number of carbonyl (C=O) groups excluding carboxylic acids is 1. The average molecular weight is 438 g/mol. The predicted molar refractivity (Wildman–Crippen MR) is 125 cm³/mol. The van der Waals surface area contributed by atoms with Gasteiger partial charge in [0, 0.05) is 26.8 Å². The molecule has 7 heteroatoms. The van der Waals surface area contributed by atoms with Gasteiger partial charge in [-0.2, -0.15) is 0 Å². The Morgan fingerprint density at radius 3 is 2.50 bits per heavy atom. The third kappa shape index (κ3) is 5.16. The number of hydrogen-bond donors (Lipinski definition) is 0. The molecule has 1 amide bonds. The maximum absolute atomic E-state index is 13.4. The van der Waals surface area contributed by atoms with Crippen molar-refractivity contribution in [1.29, 1.82) is 0 Å². The molecular formula is C25H31N3O4. The van der Waals surface area contributed by atoms with Crippen LogP contribution in [0.15, 0.2) is 53.3 Å². The van der Waals surface area contributed by atoms with E-state index >= 15 is 0 Å². The van der Waals surface area contributed by atoms with E-state index in [2.05, 4.69) is 0 Å². The van der Waals surface area contributed by atoms with Gasteiger partial charge >= 0.3 is 0 Å². The second-order valence-electron chi connectivity index (χ2n) is 7.67. The first kappa shape index (κ1) is 23.5. The van der Waals surface area contributed by atoms with Crippen LogP contribution in [0.1, 0.15) is 37.7 Å². The molecule has 0 aliphatic carbocycles. The molecule has 0 bridgehead atoms. The Morgan fingerprint density at radius 2 is 1.84 bits per heavy atom. The monoisotopic (exact) mass is 437 g/mol. The van der Waals surface area contributed by atoms with Gasteiger partial charge in [0.1, 0.15) is 11.6 Å². The zero-order valence-electron chi connectivity index (χ0n) is 19.2. The summed E-state index contributed by atoms with van der Waals surface area (Å²) in [5, 5.41) is 0.584. The van der Waals surface area contributed by atoms with Crippen LogP contribution < -0.4 is 10.3 Å². The molecule has 0 saturated carbocycles. The van der Waals surface area contributed by atoms with Crippen molar-refractivity contribution in [3.63, 3.8) is 0 Å². The van der Waals surface area contributed by atoms with Crippen molar-refractivity contribution in [2.24, 2.45) is 0 Å². The maximum Gasteiger partial charge on any atom is 0.261 e. The van der Waals surface area contributed by atoms with Gasteiger partial charge in [0.05, 0.1) is 30.5 Å². The van der Waals surface area contributed by atoms with Crippen molar-refractivity contribution in [2.45, 2.75) is 39.3 Å². The molecule has 0 N–H and O–H groups in total. The van der Waals surface area contributed by atoms with E-state index in [1.807, 2.05) is 56.3 Å². The van der Waals surface area contributed by atoms with Gasteiger partial charge in [-0.15, -0.1) is 0 Å². The van der Waals surface area contributed by atoms with Crippen molar-refractivity contribution >= 4 is 16.8 Å². The molecule has 0 aliphatic rings. The van der Waals surface area contributed by atoms with Crippen LogP contribution >= 0.6 is 0 Å². The quantitative estimate of drug-likeness (QED) is 0.453. The predicted octanol–water partition coefficient (Wildman–Crippen LogP) is 3.59. The molecule has 3 aromatic rings. The fraction of sp³-hybridized carbons (Fsp3) is 0.400. The zero-order chi connectivity index (χ0) is 23.1. The van der Waals surface area contributed by atoms with Gasteiger partial charge in [-0.05, 0) is 50.1 Å². The summed E-state index contributed by atoms with van der Waals surface area (Å²) < 4.78 is 12.1. The normalized spacial score (nSPS) is 12.0. The van der Waals surface area contributed by atoms with Gasteiger partial charge in [-0.1, -0.05) is 24.3 Å². The number of ether oxygens (including phenoxy) is 2. The second kappa shape index (κ2) is 10.9. The SMILES string of the molecule is CCn1c(C(C)N(CCCOC)C(=O)Cc2ccc(OC)cc2)nc2ccccc2c1=O. The molecule has 32 heavy (non-hydrogen) atoms. The topological polar surface area (TPSA) is 73.7 Å². The van der Waals surface area contributed by atoms with Crippen molar-refractivity contribution in [3.05, 3.63) is 70.3 Å². The van der Waals surface area contributed by atoms with E-state index in [4.69, 9.17) is 14.5 Å². The fourth-order valence-electron chi connectivity index (χ4n) is 3.88. The fourth-order valence-corrected chi connectivity index (χ4v) is 3.88. The highest BCUT2D eigenvalue weighted by molar-refractivity contribution is 5.80. The van der Waals surface area contributed by atoms with Gasteiger partial charge in [0.2, 0.25) is 5.91 Å². The lowest BCUT2D eigenvalue weighted by molar-refractivity contribution is -0.133. The second-order valence-corrected chi connectivity index (χ2v) is 7.67. The Kier molecular flexibility index (Phi) is 8.00. The molecule has 7 nitrogen and oxygen atoms in total. The van der Waals surface area contributed by atoms with Crippen LogP contribution in [0.25, 0.3) is 10.9 Å². The molecule has 2 aromatic carbocycles. The summed E-state index contributed by atoms with van der Waals surface area (Å²) in [6.07, 6.45) is 0.949. The molecule has 0 saturated heterocycles. The third-order valence-electron chi connectivity index (χ3n) is 5.63. The molecular weight excluding hydrogens is 406 g/mol. The minimum Gasteiger partial charge on any atom is -0.497 e. The van der Waals surface area contributed by atoms with Crippen LogP contribution in [0, 0.1) is 0 Å². The number of para-hydroxylation sites is 1. The highest BCUT2D eigenvalue weighted by Gasteiger charge is 2.25. The molecule has 1 heterocycles. The summed E-state index contributed by atoms with van der Waals surface area (Å²) in [6.45, 7) is 5.39. The molecule has 0 aliphatic heterocycles. The van der Waals surface area contributed by atoms with Gasteiger partial charge in [-0.25, -0.2) is 4.98 Å². The Labute approximate surface area is 188 Å². The average Bonchev–Trinajstić information content (AvgIpc) is 2.82. The van der Waals surface area contributed by atoms with E-state index in [-0.39, 0.29) is 23.9 Å². The number of fused-ring (bicyclic) bond motifs is 1. The van der Waals surface area contributed by atoms with Gasteiger partial charge in [-0.3, -0.25) is 14.2 Å². The summed E-state index contributed by atoms with van der Waals surface area (Å²) in [7, 11) is 3.26. The van der Waals surface area contributed by atoms with E-state index in [1.54, 1.807) is 29.8 Å². The van der Waals surface area contributed by atoms with Gasteiger partial charge < -0.3 is 14.4 Å². The number of hydrogen-bond acceptors (Lipinski definition) is 5. The lowest BCUT2D eigenvalue weighted by atomic mass is 10.1. The number of aromatic nitrogens is 2. The van der Waals surface area contributed by atoms with Gasteiger partial charge in [0.15, 0.2) is 0 Å².